The number of nitrogens with one attached hydrogen (secondary N) is 1. The maximum absolute atomic E-state index is 9.93. The van der Waals surface area contributed by atoms with Gasteiger partial charge < -0.3 is 10.4 Å². The average Bonchev–Trinajstić information content (AvgIpc) is 2.98. The molecular formula is C15H23N5O. The Balaban J connectivity index is 1.96. The largest absolute Gasteiger partial charge is 0.392 e. The minimum atomic E-state index is -0.310. The second-order valence-electron chi connectivity index (χ2n) is 5.76. The third-order valence-electron chi connectivity index (χ3n) is 3.39. The van der Waals surface area contributed by atoms with Gasteiger partial charge in [-0.05, 0) is 47.4 Å². The van der Waals surface area contributed by atoms with E-state index in [0.29, 0.717) is 12.5 Å². The predicted octanol–water partition coefficient (Wildman–Crippen LogP) is 1.72. The molecular weight excluding hydrogens is 266 g/mol. The van der Waals surface area contributed by atoms with Gasteiger partial charge in [0.25, 0.3) is 0 Å². The molecule has 2 aromatic rings. The van der Waals surface area contributed by atoms with E-state index in [1.54, 1.807) is 11.0 Å². The maximum Gasteiger partial charge on any atom is 0.143 e. The van der Waals surface area contributed by atoms with Gasteiger partial charge in [0, 0.05) is 12.6 Å². The molecule has 0 aliphatic rings. The van der Waals surface area contributed by atoms with Crippen molar-refractivity contribution in [1.29, 1.82) is 0 Å². The molecule has 0 amide bonds. The van der Waals surface area contributed by atoms with Crippen molar-refractivity contribution in [3.63, 3.8) is 0 Å². The molecule has 0 radical (unpaired) electrons. The SMILES string of the molecule is CC(C)CC(O)CNC(C)c1cccc(-n2cnnn2)c1. The lowest BCUT2D eigenvalue weighted by Gasteiger charge is -2.19. The van der Waals surface area contributed by atoms with Crippen molar-refractivity contribution in [2.75, 3.05) is 6.54 Å². The smallest absolute Gasteiger partial charge is 0.143 e. The summed E-state index contributed by atoms with van der Waals surface area (Å²) in [7, 11) is 0. The summed E-state index contributed by atoms with van der Waals surface area (Å²) in [5, 5.41) is 24.5. The van der Waals surface area contributed by atoms with Crippen LogP contribution in [0.5, 0.6) is 0 Å². The minimum Gasteiger partial charge on any atom is -0.392 e. The van der Waals surface area contributed by atoms with E-state index in [4.69, 9.17) is 0 Å². The number of benzene rings is 1. The molecule has 2 atom stereocenters. The van der Waals surface area contributed by atoms with Crippen LogP contribution in [0.3, 0.4) is 0 Å². The zero-order chi connectivity index (χ0) is 15.2. The van der Waals surface area contributed by atoms with Crippen LogP contribution in [0.1, 0.15) is 38.8 Å². The Labute approximate surface area is 125 Å². The quantitative estimate of drug-likeness (QED) is 0.811. The summed E-state index contributed by atoms with van der Waals surface area (Å²) in [5.41, 5.74) is 2.06. The number of nitrogens with zero attached hydrogens (tertiary/aromatic N) is 4. The van der Waals surface area contributed by atoms with Gasteiger partial charge in [-0.2, -0.15) is 0 Å². The Morgan fingerprint density at radius 2 is 2.10 bits per heavy atom. The Morgan fingerprint density at radius 1 is 1.29 bits per heavy atom. The third-order valence-corrected chi connectivity index (χ3v) is 3.39. The first-order valence-electron chi connectivity index (χ1n) is 7.31. The summed E-state index contributed by atoms with van der Waals surface area (Å²) in [6.45, 7) is 6.90. The fourth-order valence-corrected chi connectivity index (χ4v) is 2.27. The Morgan fingerprint density at radius 3 is 2.76 bits per heavy atom. The lowest BCUT2D eigenvalue weighted by Crippen LogP contribution is -2.30. The van der Waals surface area contributed by atoms with Crippen LogP contribution in [0.25, 0.3) is 5.69 Å². The molecule has 1 aromatic heterocycles. The summed E-state index contributed by atoms with van der Waals surface area (Å²) in [6, 6.07) is 8.20. The molecule has 6 heteroatoms. The number of aliphatic hydroxyl groups is 1. The fraction of sp³-hybridized carbons (Fsp3) is 0.533. The molecule has 1 aromatic carbocycles. The van der Waals surface area contributed by atoms with Crippen LogP contribution in [0.15, 0.2) is 30.6 Å². The van der Waals surface area contributed by atoms with Gasteiger partial charge in [0.15, 0.2) is 0 Å². The van der Waals surface area contributed by atoms with E-state index in [2.05, 4.69) is 47.7 Å². The number of rotatable bonds is 7. The Kier molecular flexibility index (Phi) is 5.41. The number of hydrogen-bond acceptors (Lipinski definition) is 5. The van der Waals surface area contributed by atoms with Crippen LogP contribution in [-0.4, -0.2) is 38.0 Å². The molecule has 21 heavy (non-hydrogen) atoms. The summed E-state index contributed by atoms with van der Waals surface area (Å²) in [4.78, 5) is 0. The van der Waals surface area contributed by atoms with Crippen molar-refractivity contribution in [3.8, 4) is 5.69 Å². The molecule has 1 heterocycles. The first kappa shape index (κ1) is 15.6. The first-order valence-corrected chi connectivity index (χ1v) is 7.31. The highest BCUT2D eigenvalue weighted by atomic mass is 16.3. The Bertz CT molecular complexity index is 541. The van der Waals surface area contributed by atoms with Gasteiger partial charge in [0.05, 0.1) is 11.8 Å². The van der Waals surface area contributed by atoms with Crippen LogP contribution >= 0.6 is 0 Å². The molecule has 0 aliphatic heterocycles. The minimum absolute atomic E-state index is 0.156. The second kappa shape index (κ2) is 7.28. The van der Waals surface area contributed by atoms with Crippen LogP contribution < -0.4 is 5.32 Å². The summed E-state index contributed by atoms with van der Waals surface area (Å²) >= 11 is 0. The lowest BCUT2D eigenvalue weighted by molar-refractivity contribution is 0.143. The topological polar surface area (TPSA) is 75.9 Å². The predicted molar refractivity (Wildman–Crippen MR) is 81.0 cm³/mol. The monoisotopic (exact) mass is 289 g/mol. The third kappa shape index (κ3) is 4.61. The molecule has 2 rings (SSSR count). The van der Waals surface area contributed by atoms with E-state index in [1.165, 1.54) is 0 Å². The molecule has 2 unspecified atom stereocenters. The summed E-state index contributed by atoms with van der Waals surface area (Å²) in [5.74, 6) is 0.500. The van der Waals surface area contributed by atoms with Crippen LogP contribution in [0.4, 0.5) is 0 Å². The van der Waals surface area contributed by atoms with E-state index in [9.17, 15) is 5.11 Å². The molecule has 6 nitrogen and oxygen atoms in total. The van der Waals surface area contributed by atoms with E-state index >= 15 is 0 Å². The highest BCUT2D eigenvalue weighted by Gasteiger charge is 2.11. The molecule has 0 bridgehead atoms. The maximum atomic E-state index is 9.93. The first-order chi connectivity index (χ1) is 10.1. The van der Waals surface area contributed by atoms with Crippen molar-refractivity contribution in [3.05, 3.63) is 36.2 Å². The van der Waals surface area contributed by atoms with Gasteiger partial charge in [-0.15, -0.1) is 5.10 Å². The van der Waals surface area contributed by atoms with E-state index < -0.39 is 0 Å². The Hall–Kier alpha value is -1.79. The van der Waals surface area contributed by atoms with Gasteiger partial charge in [-0.25, -0.2) is 4.68 Å². The van der Waals surface area contributed by atoms with Crippen molar-refractivity contribution < 1.29 is 5.11 Å². The lowest BCUT2D eigenvalue weighted by atomic mass is 10.0. The van der Waals surface area contributed by atoms with E-state index in [1.807, 2.05) is 18.2 Å². The van der Waals surface area contributed by atoms with Gasteiger partial charge in [-0.3, -0.25) is 0 Å². The highest BCUT2D eigenvalue weighted by molar-refractivity contribution is 5.35. The fourth-order valence-electron chi connectivity index (χ4n) is 2.27. The number of tetrazole rings is 1. The van der Waals surface area contributed by atoms with Crippen LogP contribution in [-0.2, 0) is 0 Å². The molecule has 0 aliphatic carbocycles. The number of hydrogen-bond donors (Lipinski definition) is 2. The normalized spacial score (nSPS) is 14.3. The van der Waals surface area contributed by atoms with E-state index in [0.717, 1.165) is 17.7 Å². The molecule has 0 spiro atoms. The van der Waals surface area contributed by atoms with E-state index in [-0.39, 0.29) is 12.1 Å². The highest BCUT2D eigenvalue weighted by Crippen LogP contribution is 2.16. The van der Waals surface area contributed by atoms with Crippen molar-refractivity contribution in [1.82, 2.24) is 25.5 Å². The van der Waals surface area contributed by atoms with Crippen LogP contribution in [0.2, 0.25) is 0 Å². The van der Waals surface area contributed by atoms with Crippen molar-refractivity contribution in [2.24, 2.45) is 5.92 Å². The number of aromatic nitrogens is 4. The zero-order valence-corrected chi connectivity index (χ0v) is 12.8. The molecule has 0 saturated carbocycles. The molecule has 114 valence electrons. The zero-order valence-electron chi connectivity index (χ0n) is 12.8. The summed E-state index contributed by atoms with van der Waals surface area (Å²) < 4.78 is 1.63. The standard InChI is InChI=1S/C15H23N5O/c1-11(2)7-15(21)9-16-12(3)13-5-4-6-14(8-13)20-10-17-18-19-20/h4-6,8,10-12,15-16,21H,7,9H2,1-3H3. The van der Waals surface area contributed by atoms with Gasteiger partial charge >= 0.3 is 0 Å². The average molecular weight is 289 g/mol. The number of aliphatic hydroxyl groups excluding tert-OH is 1. The molecule has 2 N–H and O–H groups in total. The van der Waals surface area contributed by atoms with Crippen molar-refractivity contribution in [2.45, 2.75) is 39.3 Å². The van der Waals surface area contributed by atoms with Gasteiger partial charge in [-0.1, -0.05) is 26.0 Å². The van der Waals surface area contributed by atoms with Crippen LogP contribution in [0, 0.1) is 5.92 Å². The van der Waals surface area contributed by atoms with Gasteiger partial charge in [0.2, 0.25) is 0 Å². The summed E-state index contributed by atoms with van der Waals surface area (Å²) in [6.07, 6.45) is 2.07. The van der Waals surface area contributed by atoms with Gasteiger partial charge in [0.1, 0.15) is 6.33 Å². The molecule has 0 fully saturated rings. The second-order valence-corrected chi connectivity index (χ2v) is 5.76. The molecule has 0 saturated heterocycles. The van der Waals surface area contributed by atoms with Crippen molar-refractivity contribution >= 4 is 0 Å².